The van der Waals surface area contributed by atoms with Gasteiger partial charge in [0.2, 0.25) is 0 Å². The van der Waals surface area contributed by atoms with Crippen LogP contribution in [0.15, 0.2) is 93.8 Å². The van der Waals surface area contributed by atoms with Gasteiger partial charge in [0.05, 0.1) is 17.1 Å². The van der Waals surface area contributed by atoms with Gasteiger partial charge < -0.3 is 25.7 Å². The van der Waals surface area contributed by atoms with Gasteiger partial charge in [0.25, 0.3) is 11.5 Å². The molecule has 0 unspecified atom stereocenters. The smallest absolute Gasteiger partial charge is 0.335 e. The monoisotopic (exact) mass is 606 g/mol. The quantitative estimate of drug-likeness (QED) is 0.333. The fraction of sp³-hybridized carbons (Fsp3) is 0.200. The van der Waals surface area contributed by atoms with Crippen molar-refractivity contribution in [3.05, 3.63) is 122 Å². The summed E-state index contributed by atoms with van der Waals surface area (Å²) in [6.45, 7) is 3.55. The summed E-state index contributed by atoms with van der Waals surface area (Å²) in [7, 11) is 0. The number of nitrogens with one attached hydrogen (secondary N) is 3. The fourth-order valence-electron chi connectivity index (χ4n) is 4.56. The fourth-order valence-corrected chi connectivity index (χ4v) is 5.46. The minimum Gasteiger partial charge on any atom is -0.452 e. The van der Waals surface area contributed by atoms with Gasteiger partial charge in [0.1, 0.15) is 11.4 Å². The molecule has 2 aromatic carbocycles. The van der Waals surface area contributed by atoms with Crippen LogP contribution in [0.2, 0.25) is 0 Å². The van der Waals surface area contributed by atoms with E-state index in [-0.39, 0.29) is 29.2 Å². The molecule has 10 nitrogen and oxygen atoms in total. The maximum absolute atomic E-state index is 15.2. The first-order chi connectivity index (χ1) is 20.8. The van der Waals surface area contributed by atoms with Crippen molar-refractivity contribution in [2.24, 2.45) is 0 Å². The molecule has 2 aliphatic heterocycles. The summed E-state index contributed by atoms with van der Waals surface area (Å²) in [5.74, 6) is 0.0000439. The number of thioether (sulfide) groups is 1. The van der Waals surface area contributed by atoms with Crippen LogP contribution >= 0.6 is 11.8 Å². The Kier molecular flexibility index (Phi) is 8.90. The number of anilines is 1. The second kappa shape index (κ2) is 12.9. The number of allylic oxidation sites excluding steroid dienone is 2. The maximum Gasteiger partial charge on any atom is 0.335 e. The summed E-state index contributed by atoms with van der Waals surface area (Å²) in [5, 5.41) is 13.1. The van der Waals surface area contributed by atoms with E-state index in [2.05, 4.69) is 15.5 Å². The average Bonchev–Trinajstić information content (AvgIpc) is 3.01. The van der Waals surface area contributed by atoms with Gasteiger partial charge in [-0.2, -0.15) is 11.8 Å². The molecule has 1 amide bonds. The number of ether oxygens (including phenoxy) is 1. The number of aromatic nitrogens is 2. The van der Waals surface area contributed by atoms with Crippen molar-refractivity contribution >= 4 is 29.6 Å². The Morgan fingerprint density at radius 1 is 1.14 bits per heavy atom. The van der Waals surface area contributed by atoms with Crippen LogP contribution in [-0.4, -0.2) is 50.8 Å². The summed E-state index contributed by atoms with van der Waals surface area (Å²) in [4.78, 5) is 41.4. The molecule has 2 aliphatic rings. The zero-order chi connectivity index (χ0) is 30.5. The molecule has 0 saturated carbocycles. The Morgan fingerprint density at radius 3 is 2.56 bits per heavy atom. The SMILES string of the molecule is CCn1cc(C(=O)Nc2ccc(OC3=CC(N4CCSCC4)=CN/C3=C\C=N)c(F)c2)c(=O)n(-c2ccc(F)cc2)c1=O. The van der Waals surface area contributed by atoms with Crippen molar-refractivity contribution < 1.29 is 18.3 Å². The van der Waals surface area contributed by atoms with E-state index in [1.54, 1.807) is 13.0 Å². The molecular formula is C30H28F2N6O4S. The zero-order valence-corrected chi connectivity index (χ0v) is 23.9. The number of dihydropyridines is 1. The van der Waals surface area contributed by atoms with Crippen molar-refractivity contribution in [1.29, 1.82) is 5.41 Å². The molecule has 1 saturated heterocycles. The predicted octanol–water partition coefficient (Wildman–Crippen LogP) is 3.84. The summed E-state index contributed by atoms with van der Waals surface area (Å²) in [6, 6.07) is 8.54. The molecule has 43 heavy (non-hydrogen) atoms. The number of amides is 1. The molecule has 13 heteroatoms. The van der Waals surface area contributed by atoms with Crippen LogP contribution in [0.25, 0.3) is 5.69 Å². The van der Waals surface area contributed by atoms with E-state index in [0.29, 0.717) is 11.5 Å². The van der Waals surface area contributed by atoms with Crippen LogP contribution in [0, 0.1) is 17.0 Å². The lowest BCUT2D eigenvalue weighted by atomic mass is 10.2. The number of benzene rings is 2. The Hall–Kier alpha value is -4.91. The van der Waals surface area contributed by atoms with Gasteiger partial charge in [0.15, 0.2) is 17.3 Å². The van der Waals surface area contributed by atoms with Crippen LogP contribution in [-0.2, 0) is 6.54 Å². The largest absolute Gasteiger partial charge is 0.452 e. The minimum absolute atomic E-state index is 0.0502. The maximum atomic E-state index is 15.2. The first-order valence-electron chi connectivity index (χ1n) is 13.4. The van der Waals surface area contributed by atoms with Crippen LogP contribution in [0.4, 0.5) is 14.5 Å². The topological polar surface area (TPSA) is 121 Å². The number of carbonyl (C=O) groups is 1. The molecule has 0 radical (unpaired) electrons. The van der Waals surface area contributed by atoms with Gasteiger partial charge in [-0.1, -0.05) is 0 Å². The first-order valence-corrected chi connectivity index (χ1v) is 14.6. The third-order valence-corrected chi connectivity index (χ3v) is 7.72. The number of rotatable bonds is 8. The van der Waals surface area contributed by atoms with E-state index in [9.17, 15) is 18.8 Å². The van der Waals surface area contributed by atoms with Gasteiger partial charge >= 0.3 is 5.69 Å². The Morgan fingerprint density at radius 2 is 1.88 bits per heavy atom. The highest BCUT2D eigenvalue weighted by Crippen LogP contribution is 2.28. The normalized spacial score (nSPS) is 15.8. The number of hydrogen-bond donors (Lipinski definition) is 3. The van der Waals surface area contributed by atoms with Crippen LogP contribution in [0.5, 0.6) is 5.75 Å². The van der Waals surface area contributed by atoms with Crippen molar-refractivity contribution in [2.45, 2.75) is 13.5 Å². The van der Waals surface area contributed by atoms with E-state index in [1.807, 2.05) is 18.0 Å². The van der Waals surface area contributed by atoms with E-state index in [1.165, 1.54) is 34.9 Å². The second-order valence-electron chi connectivity index (χ2n) is 9.50. The summed E-state index contributed by atoms with van der Waals surface area (Å²) in [5.41, 5.74) is -0.454. The molecule has 0 bridgehead atoms. The van der Waals surface area contributed by atoms with Crippen molar-refractivity contribution in [3.63, 3.8) is 0 Å². The lowest BCUT2D eigenvalue weighted by Gasteiger charge is -2.31. The average molecular weight is 607 g/mol. The standard InChI is InChI=1S/C30H28F2N6O4S/c1-2-36-18-23(29(40)38(30(36)41)21-6-3-19(31)4-7-21)28(39)35-20-5-8-26(24(32)15-20)42-27-16-22(17-34-25(27)9-10-33)37-11-13-43-14-12-37/h3-10,15-18,33-34H,2,11-14H2,1H3,(H,35,39)/b25-9-,33-10?. The molecular weight excluding hydrogens is 578 g/mol. The molecule has 1 fully saturated rings. The number of carbonyl (C=O) groups excluding carboxylic acids is 1. The van der Waals surface area contributed by atoms with Gasteiger partial charge in [-0.15, -0.1) is 0 Å². The molecule has 0 aliphatic carbocycles. The zero-order valence-electron chi connectivity index (χ0n) is 23.1. The summed E-state index contributed by atoms with van der Waals surface area (Å²) >= 11 is 1.88. The second-order valence-corrected chi connectivity index (χ2v) is 10.7. The molecule has 3 N–H and O–H groups in total. The van der Waals surface area contributed by atoms with Crippen LogP contribution in [0.1, 0.15) is 17.3 Å². The molecule has 5 rings (SSSR count). The van der Waals surface area contributed by atoms with E-state index in [4.69, 9.17) is 10.1 Å². The number of hydrogen-bond acceptors (Lipinski definition) is 8. The van der Waals surface area contributed by atoms with Crippen molar-refractivity contribution in [2.75, 3.05) is 29.9 Å². The highest BCUT2D eigenvalue weighted by molar-refractivity contribution is 7.99. The molecule has 0 atom stereocenters. The van der Waals surface area contributed by atoms with E-state index in [0.717, 1.165) is 65.5 Å². The number of nitrogens with zero attached hydrogens (tertiary/aromatic N) is 3. The molecule has 1 aromatic heterocycles. The van der Waals surface area contributed by atoms with Crippen molar-refractivity contribution in [1.82, 2.24) is 19.4 Å². The van der Waals surface area contributed by atoms with Crippen LogP contribution < -0.4 is 26.6 Å². The van der Waals surface area contributed by atoms with E-state index >= 15 is 4.39 Å². The Balaban J connectivity index is 1.39. The highest BCUT2D eigenvalue weighted by atomic mass is 32.2. The Bertz CT molecular complexity index is 1770. The molecule has 222 valence electrons. The first kappa shape index (κ1) is 29.6. The molecule has 3 aromatic rings. The van der Waals surface area contributed by atoms with Gasteiger partial charge in [-0.05, 0) is 49.4 Å². The summed E-state index contributed by atoms with van der Waals surface area (Å²) in [6.07, 6.45) is 7.33. The molecule has 0 spiro atoms. The highest BCUT2D eigenvalue weighted by Gasteiger charge is 2.22. The van der Waals surface area contributed by atoms with E-state index < -0.39 is 28.8 Å². The molecule has 3 heterocycles. The summed E-state index contributed by atoms with van der Waals surface area (Å²) < 4.78 is 36.5. The van der Waals surface area contributed by atoms with Gasteiger partial charge in [0, 0.05) is 67.6 Å². The predicted molar refractivity (Wildman–Crippen MR) is 162 cm³/mol. The number of aryl methyl sites for hydroxylation is 1. The lowest BCUT2D eigenvalue weighted by molar-refractivity contribution is 0.102. The van der Waals surface area contributed by atoms with Crippen molar-refractivity contribution in [3.8, 4) is 11.4 Å². The van der Waals surface area contributed by atoms with Gasteiger partial charge in [-0.25, -0.2) is 18.1 Å². The number of halogens is 2. The third kappa shape index (κ3) is 6.46. The lowest BCUT2D eigenvalue weighted by Crippen LogP contribution is -2.42. The third-order valence-electron chi connectivity index (χ3n) is 6.78. The van der Waals surface area contributed by atoms with Crippen LogP contribution in [0.3, 0.4) is 0 Å². The van der Waals surface area contributed by atoms with Gasteiger partial charge in [-0.3, -0.25) is 14.2 Å². The Labute approximate surface area is 249 Å². The minimum atomic E-state index is -0.905.